The summed E-state index contributed by atoms with van der Waals surface area (Å²) < 4.78 is 6.67. The lowest BCUT2D eigenvalue weighted by atomic mass is 10.2. The van der Waals surface area contributed by atoms with E-state index in [1.54, 1.807) is 24.4 Å². The van der Waals surface area contributed by atoms with Crippen molar-refractivity contribution in [1.82, 2.24) is 4.98 Å². The number of hydrogen-bond donors (Lipinski definition) is 1. The van der Waals surface area contributed by atoms with Crippen LogP contribution < -0.4 is 5.32 Å². The molecule has 0 aliphatic heterocycles. The monoisotopic (exact) mass is 394 g/mol. The number of pyridine rings is 1. The predicted octanol–water partition coefficient (Wildman–Crippen LogP) is 4.61. The van der Waals surface area contributed by atoms with Gasteiger partial charge in [0.1, 0.15) is 0 Å². The second-order valence-electron chi connectivity index (χ2n) is 4.05. The zero-order valence-electron chi connectivity index (χ0n) is 10.1. The molecular formula is C14H8Br2N2O2. The first-order chi connectivity index (χ1) is 9.65. The highest BCUT2D eigenvalue weighted by Gasteiger charge is 2.13. The molecule has 3 aromatic rings. The van der Waals surface area contributed by atoms with Gasteiger partial charge in [0.15, 0.2) is 10.4 Å². The molecule has 0 unspecified atom stereocenters. The zero-order valence-corrected chi connectivity index (χ0v) is 13.2. The van der Waals surface area contributed by atoms with Gasteiger partial charge < -0.3 is 9.73 Å². The minimum Gasteiger partial charge on any atom is -0.444 e. The van der Waals surface area contributed by atoms with Gasteiger partial charge in [-0.25, -0.2) is 0 Å². The average molecular weight is 396 g/mol. The van der Waals surface area contributed by atoms with Crippen molar-refractivity contribution in [3.8, 4) is 0 Å². The van der Waals surface area contributed by atoms with Crippen LogP contribution in [0.1, 0.15) is 10.6 Å². The summed E-state index contributed by atoms with van der Waals surface area (Å²) in [6.45, 7) is 0. The first-order valence-electron chi connectivity index (χ1n) is 5.75. The van der Waals surface area contributed by atoms with Crippen molar-refractivity contribution in [2.45, 2.75) is 0 Å². The van der Waals surface area contributed by atoms with Gasteiger partial charge in [0, 0.05) is 16.1 Å². The number of amides is 1. The summed E-state index contributed by atoms with van der Waals surface area (Å²) in [6.07, 6.45) is 1.69. The lowest BCUT2D eigenvalue weighted by molar-refractivity contribution is 0.0995. The number of rotatable bonds is 2. The third-order valence-corrected chi connectivity index (χ3v) is 3.88. The molecule has 1 aromatic carbocycles. The standard InChI is InChI=1S/C14H8Br2N2O2/c15-9-3-4-10(13-8(9)2-1-7-17-13)18-14(19)11-5-6-12(16)20-11/h1-7H,(H,18,19). The van der Waals surface area contributed by atoms with E-state index >= 15 is 0 Å². The average Bonchev–Trinajstić information content (AvgIpc) is 2.89. The molecule has 100 valence electrons. The molecule has 0 saturated carbocycles. The molecule has 0 spiro atoms. The lowest BCUT2D eigenvalue weighted by Crippen LogP contribution is -2.11. The topological polar surface area (TPSA) is 55.1 Å². The van der Waals surface area contributed by atoms with Crippen molar-refractivity contribution in [1.29, 1.82) is 0 Å². The van der Waals surface area contributed by atoms with E-state index in [9.17, 15) is 4.79 Å². The number of furan rings is 1. The Bertz CT molecular complexity index is 799. The van der Waals surface area contributed by atoms with Gasteiger partial charge in [-0.15, -0.1) is 0 Å². The smallest absolute Gasteiger partial charge is 0.291 e. The molecule has 0 radical (unpaired) electrons. The van der Waals surface area contributed by atoms with Gasteiger partial charge in [-0.2, -0.15) is 0 Å². The molecule has 2 aromatic heterocycles. The molecule has 0 fully saturated rings. The zero-order chi connectivity index (χ0) is 14.1. The van der Waals surface area contributed by atoms with Crippen molar-refractivity contribution < 1.29 is 9.21 Å². The molecule has 0 bridgehead atoms. The van der Waals surface area contributed by atoms with E-state index in [1.807, 2.05) is 18.2 Å². The minimum absolute atomic E-state index is 0.240. The largest absolute Gasteiger partial charge is 0.444 e. The Morgan fingerprint density at radius 2 is 2.00 bits per heavy atom. The summed E-state index contributed by atoms with van der Waals surface area (Å²) in [6, 6.07) is 10.7. The summed E-state index contributed by atoms with van der Waals surface area (Å²) in [5, 5.41) is 3.74. The summed E-state index contributed by atoms with van der Waals surface area (Å²) in [5.74, 6) is -0.0751. The van der Waals surface area contributed by atoms with E-state index in [0.717, 1.165) is 15.4 Å². The lowest BCUT2D eigenvalue weighted by Gasteiger charge is -2.08. The van der Waals surface area contributed by atoms with E-state index < -0.39 is 0 Å². The maximum Gasteiger partial charge on any atom is 0.291 e. The van der Waals surface area contributed by atoms with Crippen molar-refractivity contribution in [2.24, 2.45) is 0 Å². The number of hydrogen-bond acceptors (Lipinski definition) is 3. The van der Waals surface area contributed by atoms with Crippen molar-refractivity contribution >= 4 is 54.4 Å². The molecule has 0 aliphatic carbocycles. The SMILES string of the molecule is O=C(Nc1ccc(Br)c2cccnc12)c1ccc(Br)o1. The van der Waals surface area contributed by atoms with E-state index in [2.05, 4.69) is 42.2 Å². The van der Waals surface area contributed by atoms with Crippen LogP contribution in [0.15, 0.2) is 56.2 Å². The molecule has 2 heterocycles. The Morgan fingerprint density at radius 3 is 2.75 bits per heavy atom. The van der Waals surface area contributed by atoms with Crippen LogP contribution in [0.25, 0.3) is 10.9 Å². The number of nitrogens with zero attached hydrogens (tertiary/aromatic N) is 1. The number of halogens is 2. The fourth-order valence-corrected chi connectivity index (χ4v) is 2.62. The quantitative estimate of drug-likeness (QED) is 0.689. The summed E-state index contributed by atoms with van der Waals surface area (Å²) in [4.78, 5) is 16.4. The second kappa shape index (κ2) is 5.38. The molecule has 20 heavy (non-hydrogen) atoms. The second-order valence-corrected chi connectivity index (χ2v) is 5.69. The molecule has 0 aliphatic rings. The fourth-order valence-electron chi connectivity index (χ4n) is 1.86. The number of benzene rings is 1. The number of carbonyl (C=O) groups excluding carboxylic acids is 1. The van der Waals surface area contributed by atoms with Crippen molar-refractivity contribution in [3.05, 3.63) is 57.5 Å². The first kappa shape index (κ1) is 13.3. The third kappa shape index (κ3) is 2.48. The summed E-state index contributed by atoms with van der Waals surface area (Å²) >= 11 is 6.64. The fraction of sp³-hybridized carbons (Fsp3) is 0. The molecule has 1 N–H and O–H groups in total. The number of carbonyl (C=O) groups is 1. The van der Waals surface area contributed by atoms with Crippen LogP contribution in [0.5, 0.6) is 0 Å². The summed E-state index contributed by atoms with van der Waals surface area (Å²) in [7, 11) is 0. The predicted molar refractivity (Wildman–Crippen MR) is 83.8 cm³/mol. The Balaban J connectivity index is 1.99. The van der Waals surface area contributed by atoms with Gasteiger partial charge in [-0.05, 0) is 46.3 Å². The highest BCUT2D eigenvalue weighted by atomic mass is 79.9. The third-order valence-electron chi connectivity index (χ3n) is 2.76. The molecule has 1 amide bonds. The number of nitrogens with one attached hydrogen (secondary N) is 1. The number of aromatic nitrogens is 1. The molecule has 6 heteroatoms. The van der Waals surface area contributed by atoms with Crippen molar-refractivity contribution in [2.75, 3.05) is 5.32 Å². The highest BCUT2D eigenvalue weighted by molar-refractivity contribution is 9.10. The highest BCUT2D eigenvalue weighted by Crippen LogP contribution is 2.28. The van der Waals surface area contributed by atoms with E-state index in [1.165, 1.54) is 0 Å². The Morgan fingerprint density at radius 1 is 1.15 bits per heavy atom. The molecule has 0 atom stereocenters. The van der Waals surface area contributed by atoms with Gasteiger partial charge in [-0.1, -0.05) is 22.0 Å². The number of anilines is 1. The van der Waals surface area contributed by atoms with Gasteiger partial charge in [0.05, 0.1) is 11.2 Å². The molecule has 3 rings (SSSR count). The van der Waals surface area contributed by atoms with Crippen LogP contribution >= 0.6 is 31.9 Å². The maximum absolute atomic E-state index is 12.1. The molecule has 4 nitrogen and oxygen atoms in total. The van der Waals surface area contributed by atoms with Gasteiger partial charge >= 0.3 is 0 Å². The van der Waals surface area contributed by atoms with Gasteiger partial charge in [-0.3, -0.25) is 9.78 Å². The van der Waals surface area contributed by atoms with Crippen LogP contribution in [0.3, 0.4) is 0 Å². The Hall–Kier alpha value is -1.66. The molecular weight excluding hydrogens is 388 g/mol. The van der Waals surface area contributed by atoms with E-state index in [0.29, 0.717) is 10.4 Å². The molecule has 0 saturated heterocycles. The Labute approximate surface area is 131 Å². The van der Waals surface area contributed by atoms with Gasteiger partial charge in [0.2, 0.25) is 0 Å². The minimum atomic E-state index is -0.315. The number of fused-ring (bicyclic) bond motifs is 1. The van der Waals surface area contributed by atoms with Crippen LogP contribution in [0, 0.1) is 0 Å². The first-order valence-corrected chi connectivity index (χ1v) is 7.33. The maximum atomic E-state index is 12.1. The van der Waals surface area contributed by atoms with Crippen LogP contribution in [0.4, 0.5) is 5.69 Å². The van der Waals surface area contributed by atoms with Crippen molar-refractivity contribution in [3.63, 3.8) is 0 Å². The van der Waals surface area contributed by atoms with Crippen LogP contribution in [0.2, 0.25) is 0 Å². The van der Waals surface area contributed by atoms with Crippen LogP contribution in [-0.2, 0) is 0 Å². The normalized spacial score (nSPS) is 10.7. The Kier molecular flexibility index (Phi) is 3.58. The van der Waals surface area contributed by atoms with Crippen LogP contribution in [-0.4, -0.2) is 10.9 Å². The van der Waals surface area contributed by atoms with Gasteiger partial charge in [0.25, 0.3) is 5.91 Å². The van der Waals surface area contributed by atoms with E-state index in [-0.39, 0.29) is 11.7 Å². The van der Waals surface area contributed by atoms with E-state index in [4.69, 9.17) is 4.42 Å². The summed E-state index contributed by atoms with van der Waals surface area (Å²) in [5.41, 5.74) is 1.36.